The number of nitrogens with one attached hydrogen (secondary N) is 1. The van der Waals surface area contributed by atoms with Crippen LogP contribution in [0.3, 0.4) is 0 Å². The molecule has 0 fully saturated rings. The molecule has 0 aliphatic carbocycles. The largest absolute Gasteiger partial charge is 0.573 e. The van der Waals surface area contributed by atoms with Crippen molar-refractivity contribution in [1.82, 2.24) is 9.71 Å². The Kier molecular flexibility index (Phi) is 6.74. The summed E-state index contributed by atoms with van der Waals surface area (Å²) in [6.07, 6.45) is -4.08. The number of hydrogen-bond acceptors (Lipinski definition) is 7. The molecule has 2 aromatic carbocycles. The summed E-state index contributed by atoms with van der Waals surface area (Å²) in [5, 5.41) is 0.197. The van der Waals surface area contributed by atoms with Crippen molar-refractivity contribution in [2.45, 2.75) is 19.8 Å². The number of para-hydroxylation sites is 2. The Hall–Kier alpha value is -3.12. The van der Waals surface area contributed by atoms with E-state index in [0.29, 0.717) is 4.88 Å². The smallest absolute Gasteiger partial charge is 0.404 e. The topological polar surface area (TPSA) is 88.6 Å². The maximum atomic E-state index is 13.0. The van der Waals surface area contributed by atoms with Gasteiger partial charge in [0.2, 0.25) is 10.0 Å². The lowest BCUT2D eigenvalue weighted by molar-refractivity contribution is -0.274. The fourth-order valence-electron chi connectivity index (χ4n) is 2.84. The highest BCUT2D eigenvalue weighted by molar-refractivity contribution is 7.89. The van der Waals surface area contributed by atoms with Crippen LogP contribution in [0.15, 0.2) is 54.6 Å². The molecular weight excluding hydrogens is 467 g/mol. The highest BCUT2D eigenvalue weighted by atomic mass is 32.2. The van der Waals surface area contributed by atoms with Gasteiger partial charge >= 0.3 is 6.36 Å². The van der Waals surface area contributed by atoms with Crippen LogP contribution in [0, 0.1) is 6.92 Å². The number of carbonyl (C=O) groups excluding carboxylic acids is 1. The molecule has 0 bridgehead atoms. The third kappa shape index (κ3) is 6.20. The molecule has 0 aliphatic rings. The molecule has 1 heterocycles. The van der Waals surface area contributed by atoms with Crippen LogP contribution in [0.25, 0.3) is 0 Å². The van der Waals surface area contributed by atoms with E-state index in [2.05, 4.69) is 9.72 Å². The summed E-state index contributed by atoms with van der Waals surface area (Å²) < 4.78 is 67.8. The van der Waals surface area contributed by atoms with E-state index in [1.165, 1.54) is 23.1 Å². The van der Waals surface area contributed by atoms with E-state index in [-0.39, 0.29) is 23.1 Å². The Morgan fingerprint density at radius 2 is 1.75 bits per heavy atom. The van der Waals surface area contributed by atoms with Gasteiger partial charge in [0.05, 0.1) is 18.5 Å². The van der Waals surface area contributed by atoms with Crippen LogP contribution < -0.4 is 14.4 Å². The quantitative estimate of drug-likeness (QED) is 0.535. The van der Waals surface area contributed by atoms with Crippen molar-refractivity contribution in [3.8, 4) is 5.75 Å². The Bertz CT molecular complexity index is 1210. The number of halogens is 3. The van der Waals surface area contributed by atoms with Gasteiger partial charge in [0.15, 0.2) is 10.9 Å². The van der Waals surface area contributed by atoms with E-state index in [4.69, 9.17) is 0 Å². The fourth-order valence-corrected chi connectivity index (χ4v) is 4.19. The molecule has 3 aromatic rings. The molecule has 3 rings (SSSR count). The molecule has 1 aromatic heterocycles. The summed E-state index contributed by atoms with van der Waals surface area (Å²) in [5.74, 6) is -1.36. The molecule has 0 saturated heterocycles. The second kappa shape index (κ2) is 9.17. The predicted octanol–water partition coefficient (Wildman–Crippen LogP) is 4.38. The molecule has 0 radical (unpaired) electrons. The zero-order valence-corrected chi connectivity index (χ0v) is 18.5. The summed E-state index contributed by atoms with van der Waals surface area (Å²) in [6, 6.07) is 14.5. The minimum absolute atomic E-state index is 0.0810. The third-order valence-electron chi connectivity index (χ3n) is 4.07. The van der Waals surface area contributed by atoms with Crippen molar-refractivity contribution in [2.75, 3.05) is 11.2 Å². The van der Waals surface area contributed by atoms with Crippen LogP contribution in [0.1, 0.15) is 20.9 Å². The second-order valence-electron chi connectivity index (χ2n) is 6.69. The monoisotopic (exact) mass is 485 g/mol. The van der Waals surface area contributed by atoms with E-state index in [0.717, 1.165) is 23.2 Å². The SMILES string of the molecule is Cc1sc(N(Cc2ccccc2)c2ccccc2OC(F)(F)F)nc1C(=O)NS(C)(=O)=O. The van der Waals surface area contributed by atoms with Gasteiger partial charge in [-0.2, -0.15) is 0 Å². The first-order valence-corrected chi connectivity index (χ1v) is 11.8. The number of aryl methyl sites for hydroxylation is 1. The zero-order valence-electron chi connectivity index (χ0n) is 16.9. The van der Waals surface area contributed by atoms with Gasteiger partial charge in [0, 0.05) is 4.88 Å². The summed E-state index contributed by atoms with van der Waals surface area (Å²) in [7, 11) is -3.82. The van der Waals surface area contributed by atoms with Gasteiger partial charge < -0.3 is 9.64 Å². The maximum absolute atomic E-state index is 13.0. The summed E-state index contributed by atoms with van der Waals surface area (Å²) >= 11 is 1.04. The van der Waals surface area contributed by atoms with Crippen molar-refractivity contribution in [3.63, 3.8) is 0 Å². The van der Waals surface area contributed by atoms with Gasteiger partial charge in [-0.25, -0.2) is 18.1 Å². The summed E-state index contributed by atoms with van der Waals surface area (Å²) in [6.45, 7) is 1.69. The molecule has 0 unspecified atom stereocenters. The van der Waals surface area contributed by atoms with E-state index in [1.54, 1.807) is 43.3 Å². The number of sulfonamides is 1. The number of aromatic nitrogens is 1. The molecule has 0 saturated carbocycles. The third-order valence-corrected chi connectivity index (χ3v) is 5.62. The summed E-state index contributed by atoms with van der Waals surface area (Å²) in [4.78, 5) is 18.4. The van der Waals surface area contributed by atoms with E-state index in [9.17, 15) is 26.4 Å². The number of alkyl halides is 3. The minimum atomic E-state index is -4.91. The Balaban J connectivity index is 2.08. The fraction of sp³-hybridized carbons (Fsp3) is 0.200. The summed E-state index contributed by atoms with van der Waals surface area (Å²) in [5.41, 5.74) is 0.713. The highest BCUT2D eigenvalue weighted by Crippen LogP contribution is 2.39. The first kappa shape index (κ1) is 23.5. The number of amides is 1. The highest BCUT2D eigenvalue weighted by Gasteiger charge is 2.33. The number of thiazole rings is 1. The van der Waals surface area contributed by atoms with Gasteiger partial charge in [0.25, 0.3) is 5.91 Å². The molecule has 1 amide bonds. The van der Waals surface area contributed by atoms with E-state index >= 15 is 0 Å². The van der Waals surface area contributed by atoms with Crippen molar-refractivity contribution in [2.24, 2.45) is 0 Å². The Morgan fingerprint density at radius 1 is 1.12 bits per heavy atom. The number of anilines is 2. The van der Waals surface area contributed by atoms with Crippen LogP contribution in [-0.2, 0) is 16.6 Å². The molecule has 12 heteroatoms. The maximum Gasteiger partial charge on any atom is 0.573 e. The van der Waals surface area contributed by atoms with Gasteiger partial charge in [-0.05, 0) is 24.6 Å². The molecule has 1 N–H and O–H groups in total. The number of benzene rings is 2. The zero-order chi connectivity index (χ0) is 23.5. The molecular formula is C20H18F3N3O4S2. The Morgan fingerprint density at radius 3 is 2.38 bits per heavy atom. The van der Waals surface area contributed by atoms with Gasteiger partial charge in [0.1, 0.15) is 5.69 Å². The molecule has 0 spiro atoms. The number of hydrogen-bond donors (Lipinski definition) is 1. The van der Waals surface area contributed by atoms with Crippen LogP contribution in [0.2, 0.25) is 0 Å². The lowest BCUT2D eigenvalue weighted by Gasteiger charge is -2.25. The lowest BCUT2D eigenvalue weighted by Crippen LogP contribution is -2.30. The van der Waals surface area contributed by atoms with Crippen LogP contribution in [-0.4, -0.2) is 31.9 Å². The van der Waals surface area contributed by atoms with Gasteiger partial charge in [-0.1, -0.05) is 42.5 Å². The first-order valence-electron chi connectivity index (χ1n) is 9.09. The van der Waals surface area contributed by atoms with E-state index in [1.807, 2.05) is 4.72 Å². The normalized spacial score (nSPS) is 11.8. The van der Waals surface area contributed by atoms with Crippen molar-refractivity contribution >= 4 is 38.1 Å². The van der Waals surface area contributed by atoms with Crippen molar-refractivity contribution in [1.29, 1.82) is 0 Å². The number of carbonyl (C=O) groups is 1. The Labute approximate surface area is 186 Å². The minimum Gasteiger partial charge on any atom is -0.404 e. The first-order chi connectivity index (χ1) is 14.9. The predicted molar refractivity (Wildman–Crippen MR) is 115 cm³/mol. The molecule has 170 valence electrons. The van der Waals surface area contributed by atoms with E-state index < -0.39 is 28.0 Å². The second-order valence-corrected chi connectivity index (χ2v) is 9.62. The number of rotatable bonds is 7. The lowest BCUT2D eigenvalue weighted by atomic mass is 10.2. The molecule has 0 atom stereocenters. The average molecular weight is 486 g/mol. The van der Waals surface area contributed by atoms with Crippen LogP contribution in [0.4, 0.5) is 24.0 Å². The van der Waals surface area contributed by atoms with Crippen LogP contribution in [0.5, 0.6) is 5.75 Å². The van der Waals surface area contributed by atoms with Gasteiger partial charge in [-0.3, -0.25) is 4.79 Å². The number of ether oxygens (including phenoxy) is 1. The average Bonchev–Trinajstić information content (AvgIpc) is 3.07. The molecule has 7 nitrogen and oxygen atoms in total. The molecule has 0 aliphatic heterocycles. The van der Waals surface area contributed by atoms with Crippen molar-refractivity contribution < 1.29 is 31.1 Å². The van der Waals surface area contributed by atoms with Crippen molar-refractivity contribution in [3.05, 3.63) is 70.7 Å². The van der Waals surface area contributed by atoms with Gasteiger partial charge in [-0.15, -0.1) is 24.5 Å². The number of nitrogens with zero attached hydrogens (tertiary/aromatic N) is 2. The van der Waals surface area contributed by atoms with Crippen LogP contribution >= 0.6 is 11.3 Å². The molecule has 32 heavy (non-hydrogen) atoms. The standard InChI is InChI=1S/C20H18F3N3O4S2/c1-13-17(18(27)25-32(2,28)29)24-19(31-13)26(12-14-8-4-3-5-9-14)15-10-6-7-11-16(15)30-20(21,22)23/h3-11H,12H2,1-2H3,(H,25,27).